The van der Waals surface area contributed by atoms with Crippen LogP contribution in [0, 0.1) is 0 Å². The second-order valence-corrected chi connectivity index (χ2v) is 5.12. The van der Waals surface area contributed by atoms with Crippen LogP contribution in [0.5, 0.6) is 0 Å². The van der Waals surface area contributed by atoms with Crippen LogP contribution in [0.4, 0.5) is 0 Å². The van der Waals surface area contributed by atoms with Crippen molar-refractivity contribution >= 4 is 0 Å². The zero-order valence-corrected chi connectivity index (χ0v) is 11.1. The fraction of sp³-hybridized carbons (Fsp3) is 0.643. The number of rotatable bonds is 5. The van der Waals surface area contributed by atoms with E-state index in [1.165, 1.54) is 0 Å². The van der Waals surface area contributed by atoms with Crippen LogP contribution >= 0.6 is 0 Å². The molecular weight excluding hydrogens is 226 g/mol. The topological polar surface area (TPSA) is 48.4 Å². The molecule has 0 amide bonds. The maximum absolute atomic E-state index is 10.5. The Morgan fingerprint density at radius 3 is 3.11 bits per heavy atom. The number of aromatic nitrogens is 1. The minimum Gasteiger partial charge on any atom is -0.387 e. The van der Waals surface area contributed by atoms with Crippen molar-refractivity contribution in [1.82, 2.24) is 15.2 Å². The molecule has 0 saturated carbocycles. The SMILES string of the molecule is CCN1CCCC(O)(CNCc2ccccn2)C1. The number of nitrogens with zero attached hydrogens (tertiary/aromatic N) is 2. The summed E-state index contributed by atoms with van der Waals surface area (Å²) in [6, 6.07) is 5.89. The molecule has 0 aromatic carbocycles. The van der Waals surface area contributed by atoms with Crippen LogP contribution < -0.4 is 5.32 Å². The summed E-state index contributed by atoms with van der Waals surface area (Å²) in [6.07, 6.45) is 3.76. The van der Waals surface area contributed by atoms with Crippen LogP contribution in [0.2, 0.25) is 0 Å². The molecule has 1 atom stereocenters. The minimum absolute atomic E-state index is 0.580. The first-order valence-electron chi connectivity index (χ1n) is 6.77. The molecule has 100 valence electrons. The normalized spacial score (nSPS) is 25.2. The fourth-order valence-electron chi connectivity index (χ4n) is 2.55. The summed E-state index contributed by atoms with van der Waals surface area (Å²) in [4.78, 5) is 6.57. The highest BCUT2D eigenvalue weighted by atomic mass is 16.3. The van der Waals surface area contributed by atoms with Crippen molar-refractivity contribution in [1.29, 1.82) is 0 Å². The Balaban J connectivity index is 1.78. The smallest absolute Gasteiger partial charge is 0.0898 e. The number of hydrogen-bond acceptors (Lipinski definition) is 4. The van der Waals surface area contributed by atoms with E-state index in [4.69, 9.17) is 0 Å². The number of piperidine rings is 1. The second-order valence-electron chi connectivity index (χ2n) is 5.12. The van der Waals surface area contributed by atoms with Crippen LogP contribution in [0.3, 0.4) is 0 Å². The van der Waals surface area contributed by atoms with E-state index in [1.54, 1.807) is 6.20 Å². The largest absolute Gasteiger partial charge is 0.387 e. The number of β-amino-alcohol motifs (C(OH)–C–C–N with tert-alkyl or cyclic N) is 1. The van der Waals surface area contributed by atoms with Crippen molar-refractivity contribution < 1.29 is 5.11 Å². The maximum atomic E-state index is 10.5. The van der Waals surface area contributed by atoms with E-state index in [0.29, 0.717) is 6.54 Å². The molecule has 0 radical (unpaired) electrons. The van der Waals surface area contributed by atoms with E-state index in [2.05, 4.69) is 22.1 Å². The highest BCUT2D eigenvalue weighted by Gasteiger charge is 2.32. The summed E-state index contributed by atoms with van der Waals surface area (Å²) < 4.78 is 0. The van der Waals surface area contributed by atoms with Crippen molar-refractivity contribution in [2.75, 3.05) is 26.2 Å². The van der Waals surface area contributed by atoms with Gasteiger partial charge in [-0.25, -0.2) is 0 Å². The van der Waals surface area contributed by atoms with Gasteiger partial charge in [0, 0.05) is 25.8 Å². The first kappa shape index (κ1) is 13.5. The van der Waals surface area contributed by atoms with Gasteiger partial charge in [0.2, 0.25) is 0 Å². The lowest BCUT2D eigenvalue weighted by Crippen LogP contribution is -2.53. The molecule has 1 fully saturated rings. The molecule has 2 N–H and O–H groups in total. The van der Waals surface area contributed by atoms with Crippen LogP contribution in [0.25, 0.3) is 0 Å². The number of nitrogens with one attached hydrogen (secondary N) is 1. The Hall–Kier alpha value is -0.970. The molecule has 1 aromatic heterocycles. The third-order valence-electron chi connectivity index (χ3n) is 3.57. The number of likely N-dealkylation sites (tertiary alicyclic amines) is 1. The first-order chi connectivity index (χ1) is 8.72. The van der Waals surface area contributed by atoms with Crippen LogP contribution in [0.15, 0.2) is 24.4 Å². The lowest BCUT2D eigenvalue weighted by molar-refractivity contribution is -0.0280. The average molecular weight is 249 g/mol. The zero-order valence-electron chi connectivity index (χ0n) is 11.1. The lowest BCUT2D eigenvalue weighted by atomic mass is 9.93. The molecule has 2 rings (SSSR count). The molecule has 1 aromatic rings. The van der Waals surface area contributed by atoms with E-state index in [9.17, 15) is 5.11 Å². The lowest BCUT2D eigenvalue weighted by Gasteiger charge is -2.39. The average Bonchev–Trinajstić information content (AvgIpc) is 2.40. The molecule has 1 saturated heterocycles. The Morgan fingerprint density at radius 1 is 1.50 bits per heavy atom. The molecule has 0 bridgehead atoms. The zero-order chi connectivity index (χ0) is 12.8. The van der Waals surface area contributed by atoms with E-state index in [1.807, 2.05) is 18.2 Å². The molecule has 4 heteroatoms. The third-order valence-corrected chi connectivity index (χ3v) is 3.57. The molecule has 2 heterocycles. The van der Waals surface area contributed by atoms with Crippen LogP contribution in [0.1, 0.15) is 25.5 Å². The van der Waals surface area contributed by atoms with Gasteiger partial charge in [0.05, 0.1) is 11.3 Å². The van der Waals surface area contributed by atoms with Crippen LogP contribution in [-0.2, 0) is 6.54 Å². The monoisotopic (exact) mass is 249 g/mol. The molecule has 4 nitrogen and oxygen atoms in total. The molecule has 1 aliphatic heterocycles. The predicted octanol–water partition coefficient (Wildman–Crippen LogP) is 1.02. The molecule has 18 heavy (non-hydrogen) atoms. The van der Waals surface area contributed by atoms with Crippen LogP contribution in [-0.4, -0.2) is 46.8 Å². The highest BCUT2D eigenvalue weighted by Crippen LogP contribution is 2.20. The van der Waals surface area contributed by atoms with Crippen molar-refractivity contribution in [2.45, 2.75) is 31.9 Å². The van der Waals surface area contributed by atoms with Gasteiger partial charge in [0.25, 0.3) is 0 Å². The second kappa shape index (κ2) is 6.27. The van der Waals surface area contributed by atoms with Gasteiger partial charge in [-0.05, 0) is 38.1 Å². The van der Waals surface area contributed by atoms with Gasteiger partial charge >= 0.3 is 0 Å². The van der Waals surface area contributed by atoms with Gasteiger partial charge < -0.3 is 15.3 Å². The number of pyridine rings is 1. The van der Waals surface area contributed by atoms with Gasteiger partial charge in [-0.15, -0.1) is 0 Å². The van der Waals surface area contributed by atoms with Gasteiger partial charge in [-0.2, -0.15) is 0 Å². The first-order valence-corrected chi connectivity index (χ1v) is 6.77. The van der Waals surface area contributed by atoms with Gasteiger partial charge in [-0.3, -0.25) is 4.98 Å². The minimum atomic E-state index is -0.580. The van der Waals surface area contributed by atoms with Crippen molar-refractivity contribution in [3.05, 3.63) is 30.1 Å². The third kappa shape index (κ3) is 3.77. The van der Waals surface area contributed by atoms with Crippen molar-refractivity contribution in [3.8, 4) is 0 Å². The number of likely N-dealkylation sites (N-methyl/N-ethyl adjacent to an activating group) is 1. The van der Waals surface area contributed by atoms with E-state index in [-0.39, 0.29) is 0 Å². The van der Waals surface area contributed by atoms with E-state index in [0.717, 1.165) is 44.7 Å². The summed E-state index contributed by atoms with van der Waals surface area (Å²) in [5, 5.41) is 13.8. The van der Waals surface area contributed by atoms with Gasteiger partial charge in [0.15, 0.2) is 0 Å². The van der Waals surface area contributed by atoms with Crippen molar-refractivity contribution in [3.63, 3.8) is 0 Å². The summed E-state index contributed by atoms with van der Waals surface area (Å²) in [7, 11) is 0. The Bertz CT molecular complexity index is 357. The molecular formula is C14H23N3O. The molecule has 1 aliphatic rings. The Kier molecular flexibility index (Phi) is 4.69. The van der Waals surface area contributed by atoms with Crippen molar-refractivity contribution in [2.24, 2.45) is 0 Å². The molecule has 1 unspecified atom stereocenters. The maximum Gasteiger partial charge on any atom is 0.0898 e. The van der Waals surface area contributed by atoms with Gasteiger partial charge in [-0.1, -0.05) is 13.0 Å². The Labute approximate surface area is 109 Å². The fourth-order valence-corrected chi connectivity index (χ4v) is 2.55. The quantitative estimate of drug-likeness (QED) is 0.818. The summed E-state index contributed by atoms with van der Waals surface area (Å²) in [5.41, 5.74) is 0.438. The number of aliphatic hydroxyl groups is 1. The predicted molar refractivity (Wildman–Crippen MR) is 72.2 cm³/mol. The summed E-state index contributed by atoms with van der Waals surface area (Å²) in [5.74, 6) is 0. The molecule has 0 spiro atoms. The standard InChI is InChI=1S/C14H23N3O/c1-2-17-9-5-7-14(18,12-17)11-15-10-13-6-3-4-8-16-13/h3-4,6,8,15,18H,2,5,7,9-12H2,1H3. The summed E-state index contributed by atoms with van der Waals surface area (Å²) in [6.45, 7) is 6.41. The summed E-state index contributed by atoms with van der Waals surface area (Å²) >= 11 is 0. The Morgan fingerprint density at radius 2 is 2.39 bits per heavy atom. The number of hydrogen-bond donors (Lipinski definition) is 2. The van der Waals surface area contributed by atoms with Gasteiger partial charge in [0.1, 0.15) is 0 Å². The highest BCUT2D eigenvalue weighted by molar-refractivity contribution is 5.03. The molecule has 0 aliphatic carbocycles. The van der Waals surface area contributed by atoms with E-state index < -0.39 is 5.60 Å². The van der Waals surface area contributed by atoms with E-state index >= 15 is 0 Å².